The number of aromatic nitrogens is 1. The monoisotopic (exact) mass is 416 g/mol. The van der Waals surface area contributed by atoms with Crippen LogP contribution in [0.4, 0.5) is 17.2 Å². The first kappa shape index (κ1) is 19.1. The van der Waals surface area contributed by atoms with Crippen LogP contribution in [0.1, 0.15) is 61.7 Å². The van der Waals surface area contributed by atoms with E-state index in [-0.39, 0.29) is 11.4 Å². The van der Waals surface area contributed by atoms with E-state index in [4.69, 9.17) is 0 Å². The number of carbonyl (C=O) groups excluding carboxylic acids is 1. The molecule has 5 aliphatic rings. The zero-order valence-corrected chi connectivity index (χ0v) is 18.1. The van der Waals surface area contributed by atoms with E-state index >= 15 is 0 Å². The molecule has 0 unspecified atom stereocenters. The summed E-state index contributed by atoms with van der Waals surface area (Å²) in [6.45, 7) is 2.11. The molecule has 4 saturated carbocycles. The lowest BCUT2D eigenvalue weighted by molar-refractivity contribution is 0.0107. The Kier molecular flexibility index (Phi) is 4.66. The molecule has 0 spiro atoms. The van der Waals surface area contributed by atoms with Crippen LogP contribution in [0.25, 0.3) is 0 Å². The fraction of sp³-hybridized carbons (Fsp3) is 0.538. The third-order valence-corrected chi connectivity index (χ3v) is 8.05. The Labute approximate surface area is 184 Å². The van der Waals surface area contributed by atoms with E-state index in [1.807, 2.05) is 24.3 Å². The topological polar surface area (TPSA) is 57.3 Å². The Bertz CT molecular complexity index is 928. The first-order valence-electron chi connectivity index (χ1n) is 12.1. The lowest BCUT2D eigenvalue weighted by Crippen LogP contribution is -2.54. The number of hydrogen-bond acceptors (Lipinski definition) is 4. The summed E-state index contributed by atoms with van der Waals surface area (Å²) in [6, 6.07) is 12.0. The van der Waals surface area contributed by atoms with Crippen molar-refractivity contribution in [3.8, 4) is 0 Å². The van der Waals surface area contributed by atoms with Gasteiger partial charge in [-0.15, -0.1) is 0 Å². The quantitative estimate of drug-likeness (QED) is 0.693. The van der Waals surface area contributed by atoms with Gasteiger partial charge in [-0.05, 0) is 93.4 Å². The first-order valence-corrected chi connectivity index (χ1v) is 12.1. The number of hydrogen-bond donors (Lipinski definition) is 2. The molecule has 5 fully saturated rings. The first-order chi connectivity index (χ1) is 15.2. The molecular weight excluding hydrogens is 384 g/mol. The molecule has 1 aromatic heterocycles. The highest BCUT2D eigenvalue weighted by molar-refractivity contribution is 6.05. The van der Waals surface area contributed by atoms with Crippen molar-refractivity contribution in [1.82, 2.24) is 4.98 Å². The molecular formula is C26H32N4O. The highest BCUT2D eigenvalue weighted by Gasteiger charge is 2.51. The molecule has 1 aliphatic heterocycles. The van der Waals surface area contributed by atoms with Crippen LogP contribution >= 0.6 is 0 Å². The van der Waals surface area contributed by atoms with Gasteiger partial charge in [0.2, 0.25) is 0 Å². The van der Waals surface area contributed by atoms with Gasteiger partial charge in [-0.25, -0.2) is 4.98 Å². The van der Waals surface area contributed by atoms with Crippen molar-refractivity contribution >= 4 is 23.1 Å². The van der Waals surface area contributed by atoms with Crippen molar-refractivity contribution < 1.29 is 4.79 Å². The minimum absolute atomic E-state index is 0.0970. The maximum absolute atomic E-state index is 13.0. The molecule has 162 valence electrons. The molecule has 1 saturated heterocycles. The number of pyridine rings is 1. The zero-order valence-electron chi connectivity index (χ0n) is 18.1. The van der Waals surface area contributed by atoms with Gasteiger partial charge in [-0.1, -0.05) is 12.1 Å². The number of nitrogens with one attached hydrogen (secondary N) is 2. The summed E-state index contributed by atoms with van der Waals surface area (Å²) in [7, 11) is 0. The molecule has 2 aromatic rings. The molecule has 0 atom stereocenters. The Hall–Kier alpha value is -2.56. The van der Waals surface area contributed by atoms with Gasteiger partial charge >= 0.3 is 0 Å². The van der Waals surface area contributed by atoms with Crippen molar-refractivity contribution in [3.05, 3.63) is 48.2 Å². The number of nitrogens with zero attached hydrogens (tertiary/aromatic N) is 2. The second-order valence-electron chi connectivity index (χ2n) is 10.4. The van der Waals surface area contributed by atoms with Crippen LogP contribution in [0.3, 0.4) is 0 Å². The third kappa shape index (κ3) is 3.68. The predicted molar refractivity (Wildman–Crippen MR) is 125 cm³/mol. The van der Waals surface area contributed by atoms with Crippen molar-refractivity contribution in [2.75, 3.05) is 28.6 Å². The summed E-state index contributed by atoms with van der Waals surface area (Å²) in [6.07, 6.45) is 12.3. The Morgan fingerprint density at radius 3 is 2.16 bits per heavy atom. The summed E-state index contributed by atoms with van der Waals surface area (Å²) in [5.41, 5.74) is 2.74. The van der Waals surface area contributed by atoms with Gasteiger partial charge in [-0.3, -0.25) is 4.79 Å². The summed E-state index contributed by atoms with van der Waals surface area (Å²) < 4.78 is 0. The van der Waals surface area contributed by atoms with E-state index in [2.05, 4.69) is 32.7 Å². The van der Waals surface area contributed by atoms with E-state index in [1.54, 1.807) is 6.20 Å². The van der Waals surface area contributed by atoms with Crippen LogP contribution in [0, 0.1) is 17.8 Å². The number of amides is 1. The molecule has 0 radical (unpaired) electrons. The minimum Gasteiger partial charge on any atom is -0.378 e. The van der Waals surface area contributed by atoms with Gasteiger partial charge in [0.05, 0.1) is 16.9 Å². The number of carbonyl (C=O) groups is 1. The van der Waals surface area contributed by atoms with E-state index in [0.717, 1.165) is 48.0 Å². The molecule has 1 aromatic carbocycles. The lowest BCUT2D eigenvalue weighted by atomic mass is 9.53. The molecule has 2 heterocycles. The smallest absolute Gasteiger partial charge is 0.257 e. The van der Waals surface area contributed by atoms with Gasteiger partial charge < -0.3 is 15.5 Å². The number of rotatable bonds is 5. The van der Waals surface area contributed by atoms with Gasteiger partial charge in [-0.2, -0.15) is 0 Å². The predicted octanol–water partition coefficient (Wildman–Crippen LogP) is 5.31. The van der Waals surface area contributed by atoms with Crippen molar-refractivity contribution in [1.29, 1.82) is 0 Å². The molecule has 5 nitrogen and oxygen atoms in total. The summed E-state index contributed by atoms with van der Waals surface area (Å²) >= 11 is 0. The number of para-hydroxylation sites is 2. The van der Waals surface area contributed by atoms with E-state index in [0.29, 0.717) is 5.56 Å². The maximum Gasteiger partial charge on any atom is 0.257 e. The summed E-state index contributed by atoms with van der Waals surface area (Å²) in [4.78, 5) is 19.8. The molecule has 1 amide bonds. The Morgan fingerprint density at radius 1 is 0.903 bits per heavy atom. The van der Waals surface area contributed by atoms with Crippen LogP contribution < -0.4 is 15.5 Å². The second kappa shape index (κ2) is 7.54. The van der Waals surface area contributed by atoms with Crippen LogP contribution in [0.2, 0.25) is 0 Å². The number of anilines is 3. The normalized spacial score (nSPS) is 31.1. The zero-order chi connectivity index (χ0) is 20.8. The number of benzene rings is 1. The highest BCUT2D eigenvalue weighted by Crippen LogP contribution is 2.56. The summed E-state index contributed by atoms with van der Waals surface area (Å²) in [5.74, 6) is 3.54. The molecule has 5 heteroatoms. The lowest BCUT2D eigenvalue weighted by Gasteiger charge is -2.57. The van der Waals surface area contributed by atoms with Crippen LogP contribution in [-0.4, -0.2) is 29.5 Å². The standard InChI is InChI=1S/C26H32N4O/c31-25(21-7-8-24(27-17-21)30-9-3-4-10-30)28-22-5-1-2-6-23(22)29-26-14-18-11-19(15-26)13-20(12-18)16-26/h1-2,5-8,17-20,29H,3-4,9-16H2,(H,28,31). The largest absolute Gasteiger partial charge is 0.378 e. The third-order valence-electron chi connectivity index (χ3n) is 8.05. The van der Waals surface area contributed by atoms with E-state index < -0.39 is 0 Å². The van der Waals surface area contributed by atoms with Crippen LogP contribution in [0.5, 0.6) is 0 Å². The van der Waals surface area contributed by atoms with Crippen LogP contribution in [0.15, 0.2) is 42.6 Å². The highest BCUT2D eigenvalue weighted by atomic mass is 16.1. The van der Waals surface area contributed by atoms with Gasteiger partial charge in [0.15, 0.2) is 0 Å². The SMILES string of the molecule is O=C(Nc1ccccc1NC12CC3CC(CC(C3)C1)C2)c1ccc(N2CCCC2)nc1. The van der Waals surface area contributed by atoms with Gasteiger partial charge in [0.1, 0.15) is 5.82 Å². The van der Waals surface area contributed by atoms with Gasteiger partial charge in [0, 0.05) is 24.8 Å². The van der Waals surface area contributed by atoms with Crippen molar-refractivity contribution in [3.63, 3.8) is 0 Å². The van der Waals surface area contributed by atoms with Crippen molar-refractivity contribution in [2.45, 2.75) is 56.9 Å². The fourth-order valence-corrected chi connectivity index (χ4v) is 7.10. The van der Waals surface area contributed by atoms with E-state index in [1.165, 1.54) is 51.4 Å². The average Bonchev–Trinajstić information content (AvgIpc) is 3.29. The minimum atomic E-state index is -0.0970. The molecule has 31 heavy (non-hydrogen) atoms. The average molecular weight is 417 g/mol. The van der Waals surface area contributed by atoms with Crippen molar-refractivity contribution in [2.24, 2.45) is 17.8 Å². The molecule has 4 bridgehead atoms. The van der Waals surface area contributed by atoms with Crippen LogP contribution in [-0.2, 0) is 0 Å². The second-order valence-corrected chi connectivity index (χ2v) is 10.4. The Balaban J connectivity index is 1.18. The molecule has 2 N–H and O–H groups in total. The Morgan fingerprint density at radius 2 is 1.55 bits per heavy atom. The fourth-order valence-electron chi connectivity index (χ4n) is 7.10. The molecule has 4 aliphatic carbocycles. The maximum atomic E-state index is 13.0. The molecule has 7 rings (SSSR count). The van der Waals surface area contributed by atoms with E-state index in [9.17, 15) is 4.79 Å². The summed E-state index contributed by atoms with van der Waals surface area (Å²) in [5, 5.41) is 7.06. The van der Waals surface area contributed by atoms with Gasteiger partial charge in [0.25, 0.3) is 5.91 Å².